The predicted molar refractivity (Wildman–Crippen MR) is 72.0 cm³/mol. The molecule has 0 saturated heterocycles. The lowest BCUT2D eigenvalue weighted by Gasteiger charge is -2.08. The molecule has 1 aromatic carbocycles. The van der Waals surface area contributed by atoms with Gasteiger partial charge in [0.15, 0.2) is 0 Å². The Balaban J connectivity index is 2.45. The van der Waals surface area contributed by atoms with E-state index in [1.165, 1.54) is 12.1 Å². The molecule has 0 bridgehead atoms. The molecule has 9 heteroatoms. The number of hydrogen-bond acceptors (Lipinski definition) is 5. The predicted octanol–water partition coefficient (Wildman–Crippen LogP) is 1.74. The van der Waals surface area contributed by atoms with Crippen molar-refractivity contribution in [1.82, 2.24) is 10.2 Å². The van der Waals surface area contributed by atoms with E-state index in [0.29, 0.717) is 11.3 Å². The highest BCUT2D eigenvalue weighted by Gasteiger charge is 2.23. The summed E-state index contributed by atoms with van der Waals surface area (Å²) in [5.74, 6) is 0. The Morgan fingerprint density at radius 3 is 2.60 bits per heavy atom. The van der Waals surface area contributed by atoms with E-state index in [1.54, 1.807) is 19.9 Å². The third-order valence-electron chi connectivity index (χ3n) is 2.67. The molecule has 8 nitrogen and oxygen atoms in total. The highest BCUT2D eigenvalue weighted by molar-refractivity contribution is 7.92. The van der Waals surface area contributed by atoms with Crippen LogP contribution in [-0.2, 0) is 10.0 Å². The standard InChI is InChI=1S/C11H12N4O4S/c1-7-3-4-9(10(5-7)15(16)17)14-20(18,19)11-6-12-13-8(11)2/h3-6,14H,1-2H3,(H,12,13). The van der Waals surface area contributed by atoms with Crippen LogP contribution in [0, 0.1) is 24.0 Å². The molecule has 2 N–H and O–H groups in total. The molecule has 1 aromatic heterocycles. The second kappa shape index (κ2) is 4.93. The molecule has 0 aliphatic rings. The van der Waals surface area contributed by atoms with Crippen LogP contribution >= 0.6 is 0 Å². The van der Waals surface area contributed by atoms with Gasteiger partial charge in [-0.15, -0.1) is 0 Å². The maximum atomic E-state index is 12.1. The number of anilines is 1. The summed E-state index contributed by atoms with van der Waals surface area (Å²) >= 11 is 0. The number of benzene rings is 1. The second-order valence-electron chi connectivity index (χ2n) is 4.24. The lowest BCUT2D eigenvalue weighted by Crippen LogP contribution is -2.14. The number of sulfonamides is 1. The Hall–Kier alpha value is -2.42. The first-order chi connectivity index (χ1) is 9.31. The van der Waals surface area contributed by atoms with E-state index in [9.17, 15) is 18.5 Å². The number of hydrogen-bond donors (Lipinski definition) is 2. The Bertz CT molecular complexity index is 766. The molecule has 2 aromatic rings. The SMILES string of the molecule is Cc1ccc(NS(=O)(=O)c2cn[nH]c2C)c([N+](=O)[O-])c1. The zero-order valence-electron chi connectivity index (χ0n) is 10.7. The molecule has 2 rings (SSSR count). The minimum absolute atomic E-state index is 0.0487. The second-order valence-corrected chi connectivity index (χ2v) is 5.89. The first-order valence-corrected chi connectivity index (χ1v) is 7.07. The van der Waals surface area contributed by atoms with E-state index in [-0.39, 0.29) is 16.3 Å². The summed E-state index contributed by atoms with van der Waals surface area (Å²) in [6, 6.07) is 4.26. The van der Waals surface area contributed by atoms with Crippen molar-refractivity contribution in [3.05, 3.63) is 45.8 Å². The number of nitrogens with zero attached hydrogens (tertiary/aromatic N) is 2. The zero-order chi connectivity index (χ0) is 14.9. The molecule has 0 fully saturated rings. The van der Waals surface area contributed by atoms with Crippen LogP contribution in [0.25, 0.3) is 0 Å². The fourth-order valence-electron chi connectivity index (χ4n) is 1.69. The Morgan fingerprint density at radius 1 is 1.35 bits per heavy atom. The quantitative estimate of drug-likeness (QED) is 0.658. The molecule has 0 saturated carbocycles. The lowest BCUT2D eigenvalue weighted by molar-refractivity contribution is -0.383. The van der Waals surface area contributed by atoms with E-state index >= 15 is 0 Å². The first kappa shape index (κ1) is 14.0. The van der Waals surface area contributed by atoms with Crippen LogP contribution in [0.4, 0.5) is 11.4 Å². The van der Waals surface area contributed by atoms with Crippen LogP contribution in [0.2, 0.25) is 0 Å². The zero-order valence-corrected chi connectivity index (χ0v) is 11.6. The Kier molecular flexibility index (Phi) is 3.45. The minimum atomic E-state index is -3.92. The molecule has 20 heavy (non-hydrogen) atoms. The molecule has 0 spiro atoms. The number of nitrogens with one attached hydrogen (secondary N) is 2. The number of nitro benzene ring substituents is 1. The van der Waals surface area contributed by atoms with Crippen molar-refractivity contribution in [2.75, 3.05) is 4.72 Å². The summed E-state index contributed by atoms with van der Waals surface area (Å²) in [5, 5.41) is 17.1. The van der Waals surface area contributed by atoms with Gasteiger partial charge in [-0.3, -0.25) is 19.9 Å². The summed E-state index contributed by atoms with van der Waals surface area (Å²) in [6.45, 7) is 3.23. The molecule has 0 aliphatic heterocycles. The number of nitro groups is 1. The largest absolute Gasteiger partial charge is 0.293 e. The van der Waals surface area contributed by atoms with Gasteiger partial charge in [0, 0.05) is 6.07 Å². The first-order valence-electron chi connectivity index (χ1n) is 5.59. The van der Waals surface area contributed by atoms with Crippen molar-refractivity contribution >= 4 is 21.4 Å². The van der Waals surface area contributed by atoms with Crippen LogP contribution in [0.5, 0.6) is 0 Å². The van der Waals surface area contributed by atoms with Gasteiger partial charge in [0.05, 0.1) is 16.8 Å². The maximum absolute atomic E-state index is 12.1. The third kappa shape index (κ3) is 2.62. The van der Waals surface area contributed by atoms with E-state index < -0.39 is 14.9 Å². The van der Waals surface area contributed by atoms with Crippen LogP contribution in [0.1, 0.15) is 11.3 Å². The molecule has 0 amide bonds. The highest BCUT2D eigenvalue weighted by atomic mass is 32.2. The van der Waals surface area contributed by atoms with Gasteiger partial charge in [0.2, 0.25) is 0 Å². The van der Waals surface area contributed by atoms with Gasteiger partial charge in [-0.2, -0.15) is 5.10 Å². The number of H-pyrrole nitrogens is 1. The number of aryl methyl sites for hydroxylation is 2. The molecule has 0 aliphatic carbocycles. The monoisotopic (exact) mass is 296 g/mol. The minimum Gasteiger partial charge on any atom is -0.281 e. The summed E-state index contributed by atoms with van der Waals surface area (Å²) in [4.78, 5) is 10.3. The third-order valence-corrected chi connectivity index (χ3v) is 4.15. The van der Waals surface area contributed by atoms with Crippen molar-refractivity contribution in [3.63, 3.8) is 0 Å². The highest BCUT2D eigenvalue weighted by Crippen LogP contribution is 2.28. The fraction of sp³-hybridized carbons (Fsp3) is 0.182. The molecule has 0 unspecified atom stereocenters. The Labute approximate surface area is 115 Å². The lowest BCUT2D eigenvalue weighted by atomic mass is 10.2. The van der Waals surface area contributed by atoms with Crippen molar-refractivity contribution < 1.29 is 13.3 Å². The van der Waals surface area contributed by atoms with Gasteiger partial charge in [0.1, 0.15) is 10.6 Å². The van der Waals surface area contributed by atoms with E-state index in [4.69, 9.17) is 0 Å². The molecular formula is C11H12N4O4S. The summed E-state index contributed by atoms with van der Waals surface area (Å²) in [5.41, 5.74) is 0.641. The molecule has 1 heterocycles. The maximum Gasteiger partial charge on any atom is 0.293 e. The molecular weight excluding hydrogens is 284 g/mol. The van der Waals surface area contributed by atoms with Crippen LogP contribution in [0.3, 0.4) is 0 Å². The average molecular weight is 296 g/mol. The van der Waals surface area contributed by atoms with Gasteiger partial charge in [-0.1, -0.05) is 6.07 Å². The molecule has 106 valence electrons. The summed E-state index contributed by atoms with van der Waals surface area (Å²) in [7, 11) is -3.92. The summed E-state index contributed by atoms with van der Waals surface area (Å²) < 4.78 is 26.5. The van der Waals surface area contributed by atoms with Crippen molar-refractivity contribution in [1.29, 1.82) is 0 Å². The van der Waals surface area contributed by atoms with Crippen molar-refractivity contribution in [3.8, 4) is 0 Å². The van der Waals surface area contributed by atoms with Gasteiger partial charge < -0.3 is 0 Å². The normalized spacial score (nSPS) is 11.3. The van der Waals surface area contributed by atoms with Gasteiger partial charge in [0.25, 0.3) is 15.7 Å². The van der Waals surface area contributed by atoms with E-state index in [0.717, 1.165) is 6.20 Å². The van der Waals surface area contributed by atoms with Crippen LogP contribution in [-0.4, -0.2) is 23.5 Å². The van der Waals surface area contributed by atoms with Crippen LogP contribution < -0.4 is 4.72 Å². The molecule has 0 radical (unpaired) electrons. The van der Waals surface area contributed by atoms with Gasteiger partial charge in [-0.25, -0.2) is 8.42 Å². The average Bonchev–Trinajstić information content (AvgIpc) is 2.78. The number of aromatic amines is 1. The number of aromatic nitrogens is 2. The number of rotatable bonds is 4. The molecule has 0 atom stereocenters. The smallest absolute Gasteiger partial charge is 0.281 e. The topological polar surface area (TPSA) is 118 Å². The summed E-state index contributed by atoms with van der Waals surface area (Å²) in [6.07, 6.45) is 1.15. The van der Waals surface area contributed by atoms with E-state index in [2.05, 4.69) is 14.9 Å². The van der Waals surface area contributed by atoms with Crippen molar-refractivity contribution in [2.45, 2.75) is 18.7 Å². The van der Waals surface area contributed by atoms with Crippen LogP contribution in [0.15, 0.2) is 29.3 Å². The van der Waals surface area contributed by atoms with Gasteiger partial charge >= 0.3 is 0 Å². The van der Waals surface area contributed by atoms with E-state index in [1.807, 2.05) is 0 Å². The Morgan fingerprint density at radius 2 is 2.05 bits per heavy atom. The van der Waals surface area contributed by atoms with Crippen molar-refractivity contribution in [2.24, 2.45) is 0 Å². The van der Waals surface area contributed by atoms with Gasteiger partial charge in [-0.05, 0) is 25.5 Å². The fourth-order valence-corrected chi connectivity index (χ4v) is 2.90.